The van der Waals surface area contributed by atoms with Crippen LogP contribution < -0.4 is 14.2 Å². The summed E-state index contributed by atoms with van der Waals surface area (Å²) >= 11 is 6.04. The molecular formula is C19H17ClO4. The number of ether oxygens (including phenoxy) is 3. The minimum absolute atomic E-state index is 0.0827. The molecule has 0 radical (unpaired) electrons. The van der Waals surface area contributed by atoms with E-state index < -0.39 is 0 Å². The molecule has 4 rings (SSSR count). The molecule has 24 heavy (non-hydrogen) atoms. The smallest absolute Gasteiger partial charge is 0.173 e. The van der Waals surface area contributed by atoms with Crippen LogP contribution in [0.3, 0.4) is 0 Å². The van der Waals surface area contributed by atoms with Crippen LogP contribution in [0, 0.1) is 5.92 Å². The Morgan fingerprint density at radius 2 is 1.71 bits per heavy atom. The molecule has 4 nitrogen and oxygen atoms in total. The van der Waals surface area contributed by atoms with Gasteiger partial charge in [-0.05, 0) is 36.8 Å². The number of rotatable bonds is 2. The van der Waals surface area contributed by atoms with E-state index in [1.165, 1.54) is 0 Å². The first-order chi connectivity index (χ1) is 11.6. The largest absolute Gasteiger partial charge is 0.496 e. The van der Waals surface area contributed by atoms with Gasteiger partial charge in [0.15, 0.2) is 5.78 Å². The van der Waals surface area contributed by atoms with Crippen molar-refractivity contribution in [3.63, 3.8) is 0 Å². The Bertz CT molecular complexity index is 830. The maximum absolute atomic E-state index is 13.0. The van der Waals surface area contributed by atoms with Crippen molar-refractivity contribution in [2.24, 2.45) is 5.92 Å². The van der Waals surface area contributed by atoms with Gasteiger partial charge in [0.1, 0.15) is 23.4 Å². The average molecular weight is 345 g/mol. The fraction of sp³-hybridized carbons (Fsp3) is 0.316. The van der Waals surface area contributed by atoms with E-state index in [9.17, 15) is 4.79 Å². The van der Waals surface area contributed by atoms with Gasteiger partial charge in [0, 0.05) is 22.6 Å². The second-order valence-corrected chi connectivity index (χ2v) is 6.54. The summed E-state index contributed by atoms with van der Waals surface area (Å²) in [6, 6.07) is 8.99. The van der Waals surface area contributed by atoms with Gasteiger partial charge in [-0.3, -0.25) is 4.79 Å². The van der Waals surface area contributed by atoms with Gasteiger partial charge < -0.3 is 14.2 Å². The van der Waals surface area contributed by atoms with Crippen molar-refractivity contribution in [2.45, 2.75) is 18.9 Å². The number of ketones is 1. The zero-order valence-corrected chi connectivity index (χ0v) is 14.2. The van der Waals surface area contributed by atoms with E-state index in [1.54, 1.807) is 32.4 Å². The average Bonchev–Trinajstić information content (AvgIpc) is 2.60. The van der Waals surface area contributed by atoms with Crippen molar-refractivity contribution in [3.05, 3.63) is 52.0 Å². The number of fused-ring (bicyclic) bond motifs is 3. The second kappa shape index (κ2) is 5.71. The summed E-state index contributed by atoms with van der Waals surface area (Å²) in [6.45, 7) is 0. The number of hydrogen-bond donors (Lipinski definition) is 0. The highest BCUT2D eigenvalue weighted by Crippen LogP contribution is 2.43. The van der Waals surface area contributed by atoms with Gasteiger partial charge in [-0.15, -0.1) is 0 Å². The molecule has 2 aromatic carbocycles. The summed E-state index contributed by atoms with van der Waals surface area (Å²) in [5.74, 6) is 2.05. The Hall–Kier alpha value is -2.20. The van der Waals surface area contributed by atoms with Crippen LogP contribution in [0.2, 0.25) is 5.02 Å². The standard InChI is InChI=1S/C19H17ClO4/c1-22-15-5-6-16(23-2)12-9-18-14(8-11(12)15)19(21)13-7-10(20)3-4-17(13)24-18/h3-7,14,18H,8-9H2,1-2H3/t14-,18-/m1/s1. The summed E-state index contributed by atoms with van der Waals surface area (Å²) in [5, 5.41) is 0.541. The van der Waals surface area contributed by atoms with Crippen LogP contribution in [0.15, 0.2) is 30.3 Å². The van der Waals surface area contributed by atoms with Crippen molar-refractivity contribution in [2.75, 3.05) is 14.2 Å². The lowest BCUT2D eigenvalue weighted by molar-refractivity contribution is 0.0629. The Kier molecular flexibility index (Phi) is 3.65. The highest BCUT2D eigenvalue weighted by molar-refractivity contribution is 6.31. The molecule has 1 aliphatic heterocycles. The van der Waals surface area contributed by atoms with Crippen LogP contribution in [0.4, 0.5) is 0 Å². The normalized spacial score (nSPS) is 21.2. The molecule has 0 aromatic heterocycles. The third-order valence-corrected chi connectivity index (χ3v) is 5.12. The molecule has 124 valence electrons. The molecule has 0 spiro atoms. The Morgan fingerprint density at radius 3 is 2.38 bits per heavy atom. The molecule has 1 aliphatic carbocycles. The molecule has 0 saturated carbocycles. The molecule has 0 amide bonds. The number of methoxy groups -OCH3 is 2. The molecule has 0 N–H and O–H groups in total. The van der Waals surface area contributed by atoms with E-state index >= 15 is 0 Å². The summed E-state index contributed by atoms with van der Waals surface area (Å²) in [4.78, 5) is 13.0. The quantitative estimate of drug-likeness (QED) is 0.833. The van der Waals surface area contributed by atoms with Gasteiger partial charge in [-0.25, -0.2) is 0 Å². The first kappa shape index (κ1) is 15.3. The molecular weight excluding hydrogens is 328 g/mol. The molecule has 5 heteroatoms. The molecule has 2 atom stereocenters. The van der Waals surface area contributed by atoms with Crippen molar-refractivity contribution in [1.29, 1.82) is 0 Å². The summed E-state index contributed by atoms with van der Waals surface area (Å²) in [7, 11) is 3.29. The number of benzene rings is 2. The lowest BCUT2D eigenvalue weighted by Gasteiger charge is -2.37. The maximum Gasteiger partial charge on any atom is 0.173 e. The summed E-state index contributed by atoms with van der Waals surface area (Å²) < 4.78 is 17.1. The van der Waals surface area contributed by atoms with Gasteiger partial charge in [0.05, 0.1) is 25.7 Å². The van der Waals surface area contributed by atoms with Crippen molar-refractivity contribution in [1.82, 2.24) is 0 Å². The Balaban J connectivity index is 1.79. The minimum atomic E-state index is -0.232. The molecule has 2 aromatic rings. The number of halogens is 1. The summed E-state index contributed by atoms with van der Waals surface area (Å²) in [5.41, 5.74) is 2.65. The van der Waals surface area contributed by atoms with Crippen molar-refractivity contribution in [3.8, 4) is 17.2 Å². The van der Waals surface area contributed by atoms with Crippen molar-refractivity contribution >= 4 is 17.4 Å². The molecule has 0 saturated heterocycles. The van der Waals surface area contributed by atoms with Crippen LogP contribution in [-0.4, -0.2) is 26.1 Å². The molecule has 1 heterocycles. The maximum atomic E-state index is 13.0. The second-order valence-electron chi connectivity index (χ2n) is 6.10. The first-order valence-corrected chi connectivity index (χ1v) is 8.23. The number of Topliss-reactive ketones (excluding diaryl/α,β-unsaturated/α-hetero) is 1. The van der Waals surface area contributed by atoms with Gasteiger partial charge in [0.2, 0.25) is 0 Å². The van der Waals surface area contributed by atoms with Gasteiger partial charge in [-0.2, -0.15) is 0 Å². The van der Waals surface area contributed by atoms with Gasteiger partial charge in [0.25, 0.3) is 0 Å². The highest BCUT2D eigenvalue weighted by atomic mass is 35.5. The molecule has 0 unspecified atom stereocenters. The Morgan fingerprint density at radius 1 is 1.04 bits per heavy atom. The van der Waals surface area contributed by atoms with E-state index in [-0.39, 0.29) is 17.8 Å². The van der Waals surface area contributed by atoms with Crippen LogP contribution >= 0.6 is 11.6 Å². The summed E-state index contributed by atoms with van der Waals surface area (Å²) in [6.07, 6.45) is 0.999. The lowest BCUT2D eigenvalue weighted by Crippen LogP contribution is -2.43. The predicted molar refractivity (Wildman–Crippen MR) is 90.6 cm³/mol. The fourth-order valence-electron chi connectivity index (χ4n) is 3.72. The minimum Gasteiger partial charge on any atom is -0.496 e. The van der Waals surface area contributed by atoms with E-state index in [4.69, 9.17) is 25.8 Å². The number of carbonyl (C=O) groups excluding carboxylic acids is 1. The highest BCUT2D eigenvalue weighted by Gasteiger charge is 2.42. The third kappa shape index (κ3) is 2.25. The zero-order valence-electron chi connectivity index (χ0n) is 13.5. The van der Waals surface area contributed by atoms with E-state index in [2.05, 4.69) is 0 Å². The Labute approximate surface area is 145 Å². The fourth-order valence-corrected chi connectivity index (χ4v) is 3.89. The monoisotopic (exact) mass is 344 g/mol. The van der Waals surface area contributed by atoms with Crippen LogP contribution in [0.25, 0.3) is 0 Å². The zero-order chi connectivity index (χ0) is 16.8. The van der Waals surface area contributed by atoms with Crippen LogP contribution in [0.5, 0.6) is 17.2 Å². The van der Waals surface area contributed by atoms with Crippen molar-refractivity contribution < 1.29 is 19.0 Å². The first-order valence-electron chi connectivity index (χ1n) is 7.85. The van der Waals surface area contributed by atoms with Crippen LogP contribution in [0.1, 0.15) is 21.5 Å². The molecule has 0 fully saturated rings. The van der Waals surface area contributed by atoms with Crippen LogP contribution in [-0.2, 0) is 12.8 Å². The number of carbonyl (C=O) groups is 1. The third-order valence-electron chi connectivity index (χ3n) is 4.89. The van der Waals surface area contributed by atoms with E-state index in [1.807, 2.05) is 12.1 Å². The number of hydrogen-bond acceptors (Lipinski definition) is 4. The SMILES string of the molecule is COc1ccc(OC)c2c1C[C@H]1Oc3ccc(Cl)cc3C(=O)[C@@H]1C2. The van der Waals surface area contributed by atoms with Gasteiger partial charge in [-0.1, -0.05) is 11.6 Å². The van der Waals surface area contributed by atoms with E-state index in [0.29, 0.717) is 29.2 Å². The lowest BCUT2D eigenvalue weighted by atomic mass is 9.76. The van der Waals surface area contributed by atoms with Gasteiger partial charge >= 0.3 is 0 Å². The van der Waals surface area contributed by atoms with E-state index in [0.717, 1.165) is 22.6 Å². The molecule has 0 bridgehead atoms. The molecule has 2 aliphatic rings. The topological polar surface area (TPSA) is 44.8 Å². The predicted octanol–water partition coefficient (Wildman–Crippen LogP) is 3.72.